The molecule has 1 aromatic carbocycles. The van der Waals surface area contributed by atoms with Crippen molar-refractivity contribution < 1.29 is 4.79 Å². The number of benzene rings is 1. The molecule has 1 fully saturated rings. The Labute approximate surface area is 115 Å². The minimum atomic E-state index is 0.0121. The van der Waals surface area contributed by atoms with Gasteiger partial charge in [-0.3, -0.25) is 4.79 Å². The molecular formula is C16H22N2O. The second-order valence-electron chi connectivity index (χ2n) is 5.12. The van der Waals surface area contributed by atoms with Crippen LogP contribution >= 0.6 is 0 Å². The molecule has 0 aliphatic heterocycles. The number of nitrogens with zero attached hydrogens (tertiary/aromatic N) is 1. The molecule has 0 saturated heterocycles. The molecule has 0 radical (unpaired) electrons. The average Bonchev–Trinajstić information content (AvgIpc) is 2.91. The molecule has 0 aromatic heterocycles. The molecule has 1 atom stereocenters. The van der Waals surface area contributed by atoms with Crippen molar-refractivity contribution in [3.05, 3.63) is 35.9 Å². The highest BCUT2D eigenvalue weighted by molar-refractivity contribution is 5.89. The molecule has 1 aliphatic rings. The molecule has 1 saturated carbocycles. The van der Waals surface area contributed by atoms with Crippen molar-refractivity contribution in [1.29, 1.82) is 0 Å². The summed E-state index contributed by atoms with van der Waals surface area (Å²) in [6, 6.07) is 10.1. The van der Waals surface area contributed by atoms with Crippen molar-refractivity contribution in [3.63, 3.8) is 0 Å². The molecular weight excluding hydrogens is 236 g/mol. The molecule has 1 aliphatic carbocycles. The zero-order valence-electron chi connectivity index (χ0n) is 11.6. The number of amides is 1. The van der Waals surface area contributed by atoms with E-state index in [1.165, 1.54) is 24.1 Å². The quantitative estimate of drug-likeness (QED) is 0.809. The third kappa shape index (κ3) is 4.19. The van der Waals surface area contributed by atoms with Gasteiger partial charge in [0.25, 0.3) is 0 Å². The Kier molecular flexibility index (Phi) is 5.13. The molecule has 1 aromatic rings. The third-order valence-corrected chi connectivity index (χ3v) is 3.76. The van der Waals surface area contributed by atoms with E-state index in [1.807, 2.05) is 30.3 Å². The number of rotatable bonds is 5. The molecule has 0 spiro atoms. The fourth-order valence-corrected chi connectivity index (χ4v) is 2.58. The van der Waals surface area contributed by atoms with E-state index in [0.717, 1.165) is 19.3 Å². The summed E-state index contributed by atoms with van der Waals surface area (Å²) in [4.78, 5) is 11.7. The van der Waals surface area contributed by atoms with Crippen LogP contribution in [0.4, 0.5) is 0 Å². The van der Waals surface area contributed by atoms with Crippen molar-refractivity contribution in [2.24, 2.45) is 11.0 Å². The van der Waals surface area contributed by atoms with Gasteiger partial charge in [-0.2, -0.15) is 5.10 Å². The number of hydrazone groups is 1. The third-order valence-electron chi connectivity index (χ3n) is 3.76. The van der Waals surface area contributed by atoms with Crippen LogP contribution in [-0.4, -0.2) is 11.6 Å². The van der Waals surface area contributed by atoms with E-state index in [4.69, 9.17) is 0 Å². The van der Waals surface area contributed by atoms with Crippen LogP contribution in [0.3, 0.4) is 0 Å². The summed E-state index contributed by atoms with van der Waals surface area (Å²) in [5.41, 5.74) is 5.08. The Bertz CT molecular complexity index is 439. The van der Waals surface area contributed by atoms with Gasteiger partial charge in [-0.25, -0.2) is 5.43 Å². The van der Waals surface area contributed by atoms with E-state index < -0.39 is 0 Å². The molecule has 19 heavy (non-hydrogen) atoms. The average molecular weight is 258 g/mol. The van der Waals surface area contributed by atoms with E-state index in [-0.39, 0.29) is 5.91 Å². The molecule has 1 amide bonds. The highest BCUT2D eigenvalue weighted by atomic mass is 16.2. The van der Waals surface area contributed by atoms with Crippen molar-refractivity contribution in [2.75, 3.05) is 0 Å². The van der Waals surface area contributed by atoms with Gasteiger partial charge < -0.3 is 0 Å². The Hall–Kier alpha value is -1.64. The topological polar surface area (TPSA) is 41.5 Å². The molecule has 0 heterocycles. The van der Waals surface area contributed by atoms with Crippen LogP contribution < -0.4 is 5.43 Å². The number of carbonyl (C=O) groups is 1. The van der Waals surface area contributed by atoms with E-state index >= 15 is 0 Å². The van der Waals surface area contributed by atoms with Crippen molar-refractivity contribution in [2.45, 2.75) is 45.4 Å². The SMILES string of the molecule is CC[C@H]1CCC/C1=N/NC(=O)CCc1ccccc1. The van der Waals surface area contributed by atoms with Gasteiger partial charge in [-0.05, 0) is 43.6 Å². The van der Waals surface area contributed by atoms with Crippen LogP contribution in [0.25, 0.3) is 0 Å². The van der Waals surface area contributed by atoms with Crippen LogP contribution in [-0.2, 0) is 11.2 Å². The predicted molar refractivity (Wildman–Crippen MR) is 78.0 cm³/mol. The van der Waals surface area contributed by atoms with Gasteiger partial charge in [-0.15, -0.1) is 0 Å². The maximum Gasteiger partial charge on any atom is 0.240 e. The Balaban J connectivity index is 1.77. The predicted octanol–water partition coefficient (Wildman–Crippen LogP) is 3.30. The lowest BCUT2D eigenvalue weighted by Crippen LogP contribution is -2.21. The summed E-state index contributed by atoms with van der Waals surface area (Å²) in [6.07, 6.45) is 5.86. The van der Waals surface area contributed by atoms with Gasteiger partial charge in [0, 0.05) is 12.1 Å². The van der Waals surface area contributed by atoms with E-state index in [2.05, 4.69) is 17.5 Å². The van der Waals surface area contributed by atoms with Crippen LogP contribution in [0.2, 0.25) is 0 Å². The Morgan fingerprint density at radius 1 is 1.37 bits per heavy atom. The van der Waals surface area contributed by atoms with E-state index in [9.17, 15) is 4.79 Å². The zero-order chi connectivity index (χ0) is 13.5. The molecule has 3 heteroatoms. The highest BCUT2D eigenvalue weighted by Crippen LogP contribution is 2.24. The second kappa shape index (κ2) is 7.07. The van der Waals surface area contributed by atoms with Crippen LogP contribution in [0.15, 0.2) is 35.4 Å². The maximum atomic E-state index is 11.7. The first-order valence-corrected chi connectivity index (χ1v) is 7.18. The molecule has 0 bridgehead atoms. The standard InChI is InChI=1S/C16H22N2O/c1-2-14-9-6-10-15(14)17-18-16(19)12-11-13-7-4-3-5-8-13/h3-5,7-8,14H,2,6,9-12H2,1H3,(H,18,19)/b17-15-/t14-/m0/s1. The number of nitrogens with one attached hydrogen (secondary N) is 1. The van der Waals surface area contributed by atoms with Crippen molar-refractivity contribution in [3.8, 4) is 0 Å². The molecule has 102 valence electrons. The summed E-state index contributed by atoms with van der Waals surface area (Å²) < 4.78 is 0. The highest BCUT2D eigenvalue weighted by Gasteiger charge is 2.20. The summed E-state index contributed by atoms with van der Waals surface area (Å²) in [5.74, 6) is 0.590. The molecule has 3 nitrogen and oxygen atoms in total. The van der Waals surface area contributed by atoms with Gasteiger partial charge >= 0.3 is 0 Å². The number of carbonyl (C=O) groups excluding carboxylic acids is 1. The normalized spacial score (nSPS) is 20.7. The van der Waals surface area contributed by atoms with Gasteiger partial charge in [0.2, 0.25) is 5.91 Å². The fourth-order valence-electron chi connectivity index (χ4n) is 2.58. The van der Waals surface area contributed by atoms with Crippen LogP contribution in [0, 0.1) is 5.92 Å². The first-order valence-electron chi connectivity index (χ1n) is 7.18. The summed E-state index contributed by atoms with van der Waals surface area (Å²) >= 11 is 0. The van der Waals surface area contributed by atoms with Crippen LogP contribution in [0.5, 0.6) is 0 Å². The minimum Gasteiger partial charge on any atom is -0.273 e. The summed E-state index contributed by atoms with van der Waals surface area (Å²) in [7, 11) is 0. The number of hydrogen-bond acceptors (Lipinski definition) is 2. The fraction of sp³-hybridized carbons (Fsp3) is 0.500. The number of hydrogen-bond donors (Lipinski definition) is 1. The molecule has 1 N–H and O–H groups in total. The van der Waals surface area contributed by atoms with Gasteiger partial charge in [0.05, 0.1) is 0 Å². The van der Waals surface area contributed by atoms with E-state index in [0.29, 0.717) is 12.3 Å². The Morgan fingerprint density at radius 3 is 2.89 bits per heavy atom. The first kappa shape index (κ1) is 13.8. The molecule has 2 rings (SSSR count). The van der Waals surface area contributed by atoms with Gasteiger partial charge in [0.15, 0.2) is 0 Å². The monoisotopic (exact) mass is 258 g/mol. The first-order chi connectivity index (χ1) is 9.29. The summed E-state index contributed by atoms with van der Waals surface area (Å²) in [6.45, 7) is 2.18. The van der Waals surface area contributed by atoms with Gasteiger partial charge in [-0.1, -0.05) is 37.3 Å². The maximum absolute atomic E-state index is 11.7. The van der Waals surface area contributed by atoms with E-state index in [1.54, 1.807) is 0 Å². The summed E-state index contributed by atoms with van der Waals surface area (Å²) in [5, 5.41) is 4.30. The lowest BCUT2D eigenvalue weighted by atomic mass is 10.0. The Morgan fingerprint density at radius 2 is 2.16 bits per heavy atom. The number of aryl methyl sites for hydroxylation is 1. The van der Waals surface area contributed by atoms with Crippen molar-refractivity contribution in [1.82, 2.24) is 5.43 Å². The zero-order valence-corrected chi connectivity index (χ0v) is 11.6. The van der Waals surface area contributed by atoms with Crippen LogP contribution in [0.1, 0.15) is 44.6 Å². The largest absolute Gasteiger partial charge is 0.273 e. The molecule has 0 unspecified atom stereocenters. The lowest BCUT2D eigenvalue weighted by molar-refractivity contribution is -0.121. The minimum absolute atomic E-state index is 0.0121. The van der Waals surface area contributed by atoms with Gasteiger partial charge in [0.1, 0.15) is 0 Å². The lowest BCUT2D eigenvalue weighted by Gasteiger charge is -2.07. The second-order valence-corrected chi connectivity index (χ2v) is 5.12. The smallest absolute Gasteiger partial charge is 0.240 e. The van der Waals surface area contributed by atoms with Crippen molar-refractivity contribution >= 4 is 11.6 Å².